The van der Waals surface area contributed by atoms with Gasteiger partial charge in [0, 0.05) is 6.20 Å². The Labute approximate surface area is 64.1 Å². The highest BCUT2D eigenvalue weighted by Gasteiger charge is 2.08. The van der Waals surface area contributed by atoms with Crippen LogP contribution in [0.15, 0.2) is 12.3 Å². The fraction of sp³-hybridized carbons (Fsp3) is 0.375. The van der Waals surface area contributed by atoms with Gasteiger partial charge in [0.15, 0.2) is 0 Å². The van der Waals surface area contributed by atoms with Crippen LogP contribution >= 0.6 is 0 Å². The topological polar surface area (TPSA) is 12.9 Å². The molecule has 0 aromatic carbocycles. The number of alkyl halides is 2. The van der Waals surface area contributed by atoms with E-state index in [1.54, 1.807) is 6.92 Å². The molecule has 0 aliphatic rings. The van der Waals surface area contributed by atoms with Crippen molar-refractivity contribution in [3.8, 4) is 0 Å². The Morgan fingerprint density at radius 2 is 1.91 bits per heavy atom. The number of halogens is 2. The molecule has 3 heteroatoms. The van der Waals surface area contributed by atoms with E-state index in [9.17, 15) is 8.78 Å². The number of hydrogen-bond acceptors (Lipinski definition) is 1. The van der Waals surface area contributed by atoms with Crippen LogP contribution in [0.2, 0.25) is 0 Å². The SMILES string of the molecule is Cc1cnc(C(F)F)cc1C. The minimum absolute atomic E-state index is 0.145. The fourth-order valence-corrected chi connectivity index (χ4v) is 0.765. The van der Waals surface area contributed by atoms with Gasteiger partial charge in [-0.15, -0.1) is 0 Å². The van der Waals surface area contributed by atoms with Crippen molar-refractivity contribution in [3.05, 3.63) is 29.1 Å². The van der Waals surface area contributed by atoms with E-state index in [1.807, 2.05) is 6.92 Å². The number of rotatable bonds is 1. The first kappa shape index (κ1) is 8.11. The summed E-state index contributed by atoms with van der Waals surface area (Å²) in [5.74, 6) is 0. The third kappa shape index (κ3) is 1.73. The number of hydrogen-bond donors (Lipinski definition) is 0. The third-order valence-electron chi connectivity index (χ3n) is 1.62. The zero-order chi connectivity index (χ0) is 8.43. The monoisotopic (exact) mass is 157 g/mol. The molecule has 0 atom stereocenters. The van der Waals surface area contributed by atoms with Gasteiger partial charge in [0.05, 0.1) is 0 Å². The molecule has 0 bridgehead atoms. The summed E-state index contributed by atoms with van der Waals surface area (Å²) >= 11 is 0. The molecule has 0 spiro atoms. The van der Waals surface area contributed by atoms with Crippen molar-refractivity contribution >= 4 is 0 Å². The van der Waals surface area contributed by atoms with Crippen molar-refractivity contribution in [2.24, 2.45) is 0 Å². The third-order valence-corrected chi connectivity index (χ3v) is 1.62. The molecule has 0 saturated heterocycles. The van der Waals surface area contributed by atoms with Crippen molar-refractivity contribution in [2.45, 2.75) is 20.3 Å². The van der Waals surface area contributed by atoms with E-state index in [4.69, 9.17) is 0 Å². The molecule has 0 amide bonds. The maximum Gasteiger partial charge on any atom is 0.280 e. The van der Waals surface area contributed by atoms with E-state index in [1.165, 1.54) is 12.3 Å². The van der Waals surface area contributed by atoms with Crippen molar-refractivity contribution in [3.63, 3.8) is 0 Å². The summed E-state index contributed by atoms with van der Waals surface area (Å²) in [6.45, 7) is 3.64. The molecule has 0 aliphatic heterocycles. The molecule has 1 heterocycles. The van der Waals surface area contributed by atoms with E-state index in [0.717, 1.165) is 11.1 Å². The second-order valence-electron chi connectivity index (χ2n) is 2.49. The molecule has 0 radical (unpaired) electrons. The number of nitrogens with zero attached hydrogens (tertiary/aromatic N) is 1. The molecule has 0 aliphatic carbocycles. The second kappa shape index (κ2) is 2.95. The lowest BCUT2D eigenvalue weighted by Crippen LogP contribution is -1.92. The van der Waals surface area contributed by atoms with Crippen LogP contribution in [0.4, 0.5) is 8.78 Å². The maximum absolute atomic E-state index is 12.0. The molecule has 1 rings (SSSR count). The quantitative estimate of drug-likeness (QED) is 0.610. The summed E-state index contributed by atoms with van der Waals surface area (Å²) < 4.78 is 24.0. The number of aryl methyl sites for hydroxylation is 2. The Balaban J connectivity index is 3.05. The largest absolute Gasteiger partial charge is 0.280 e. The lowest BCUT2D eigenvalue weighted by Gasteiger charge is -2.01. The highest BCUT2D eigenvalue weighted by Crippen LogP contribution is 2.17. The molecule has 0 unspecified atom stereocenters. The first-order valence-corrected chi connectivity index (χ1v) is 3.32. The minimum Gasteiger partial charge on any atom is -0.255 e. The predicted molar refractivity (Wildman–Crippen MR) is 38.7 cm³/mol. The molecular formula is C8H9F2N. The number of pyridine rings is 1. The normalized spacial score (nSPS) is 10.6. The van der Waals surface area contributed by atoms with Crippen LogP contribution < -0.4 is 0 Å². The average Bonchev–Trinajstić information content (AvgIpc) is 1.94. The Morgan fingerprint density at radius 1 is 1.27 bits per heavy atom. The molecule has 1 nitrogen and oxygen atoms in total. The predicted octanol–water partition coefficient (Wildman–Crippen LogP) is 2.64. The van der Waals surface area contributed by atoms with Crippen LogP contribution in [-0.2, 0) is 0 Å². The zero-order valence-corrected chi connectivity index (χ0v) is 6.44. The maximum atomic E-state index is 12.0. The van der Waals surface area contributed by atoms with Gasteiger partial charge in [0.2, 0.25) is 0 Å². The highest BCUT2D eigenvalue weighted by molar-refractivity contribution is 5.24. The smallest absolute Gasteiger partial charge is 0.255 e. The van der Waals surface area contributed by atoms with E-state index < -0.39 is 6.43 Å². The van der Waals surface area contributed by atoms with Crippen LogP contribution in [0.5, 0.6) is 0 Å². The Hall–Kier alpha value is -0.990. The summed E-state index contributed by atoms with van der Waals surface area (Å²) in [6, 6.07) is 1.42. The molecule has 60 valence electrons. The van der Waals surface area contributed by atoms with Gasteiger partial charge in [-0.25, -0.2) is 8.78 Å². The summed E-state index contributed by atoms with van der Waals surface area (Å²) in [6.07, 6.45) is -0.995. The van der Waals surface area contributed by atoms with Crippen molar-refractivity contribution in [2.75, 3.05) is 0 Å². The molecule has 1 aromatic heterocycles. The van der Waals surface area contributed by atoms with Crippen molar-refractivity contribution < 1.29 is 8.78 Å². The molecule has 0 N–H and O–H groups in total. The van der Waals surface area contributed by atoms with Crippen LogP contribution in [0.1, 0.15) is 23.2 Å². The van der Waals surface area contributed by atoms with Gasteiger partial charge in [0.1, 0.15) is 5.69 Å². The van der Waals surface area contributed by atoms with Crippen molar-refractivity contribution in [1.82, 2.24) is 4.98 Å². The second-order valence-corrected chi connectivity index (χ2v) is 2.49. The molecular weight excluding hydrogens is 148 g/mol. The van der Waals surface area contributed by atoms with Crippen LogP contribution in [-0.4, -0.2) is 4.98 Å². The minimum atomic E-state index is -2.46. The highest BCUT2D eigenvalue weighted by atomic mass is 19.3. The van der Waals surface area contributed by atoms with Crippen molar-refractivity contribution in [1.29, 1.82) is 0 Å². The average molecular weight is 157 g/mol. The van der Waals surface area contributed by atoms with Gasteiger partial charge < -0.3 is 0 Å². The molecule has 0 saturated carbocycles. The lowest BCUT2D eigenvalue weighted by molar-refractivity contribution is 0.146. The Morgan fingerprint density at radius 3 is 2.36 bits per heavy atom. The van der Waals surface area contributed by atoms with E-state index >= 15 is 0 Å². The van der Waals surface area contributed by atoms with Crippen LogP contribution in [0.3, 0.4) is 0 Å². The van der Waals surface area contributed by atoms with Gasteiger partial charge in [-0.1, -0.05) is 0 Å². The van der Waals surface area contributed by atoms with E-state index in [0.29, 0.717) is 0 Å². The standard InChI is InChI=1S/C8H9F2N/c1-5-3-7(8(9)10)11-4-6(5)2/h3-4,8H,1-2H3. The summed E-state index contributed by atoms with van der Waals surface area (Å²) in [4.78, 5) is 3.59. The van der Waals surface area contributed by atoms with Crippen LogP contribution in [0, 0.1) is 13.8 Å². The van der Waals surface area contributed by atoms with Gasteiger partial charge in [-0.05, 0) is 31.0 Å². The van der Waals surface area contributed by atoms with Gasteiger partial charge in [0.25, 0.3) is 6.43 Å². The van der Waals surface area contributed by atoms with Crippen LogP contribution in [0.25, 0.3) is 0 Å². The Kier molecular flexibility index (Phi) is 2.17. The molecule has 0 fully saturated rings. The van der Waals surface area contributed by atoms with E-state index in [-0.39, 0.29) is 5.69 Å². The van der Waals surface area contributed by atoms with E-state index in [2.05, 4.69) is 4.98 Å². The lowest BCUT2D eigenvalue weighted by atomic mass is 10.1. The van der Waals surface area contributed by atoms with Gasteiger partial charge in [-0.2, -0.15) is 0 Å². The number of aromatic nitrogens is 1. The summed E-state index contributed by atoms with van der Waals surface area (Å²) in [5, 5.41) is 0. The first-order chi connectivity index (χ1) is 5.11. The summed E-state index contributed by atoms with van der Waals surface area (Å²) in [7, 11) is 0. The van der Waals surface area contributed by atoms with Gasteiger partial charge in [-0.3, -0.25) is 4.98 Å². The fourth-order valence-electron chi connectivity index (χ4n) is 0.765. The summed E-state index contributed by atoms with van der Waals surface area (Å²) in [5.41, 5.74) is 1.65. The zero-order valence-electron chi connectivity index (χ0n) is 6.44. The first-order valence-electron chi connectivity index (χ1n) is 3.32. The Bertz CT molecular complexity index is 258. The van der Waals surface area contributed by atoms with Gasteiger partial charge >= 0.3 is 0 Å². The molecule has 1 aromatic rings. The molecule has 11 heavy (non-hydrogen) atoms.